The molecule has 0 saturated heterocycles. The predicted octanol–water partition coefficient (Wildman–Crippen LogP) is 2.21. The van der Waals surface area contributed by atoms with E-state index in [1.54, 1.807) is 7.11 Å². The molecule has 0 aliphatic rings. The van der Waals surface area contributed by atoms with Crippen molar-refractivity contribution in [1.82, 2.24) is 5.32 Å². The Bertz CT molecular complexity index is 120. The van der Waals surface area contributed by atoms with Crippen LogP contribution in [0.25, 0.3) is 0 Å². The van der Waals surface area contributed by atoms with Gasteiger partial charge in [-0.05, 0) is 25.8 Å². The molecule has 15 heavy (non-hydrogen) atoms. The summed E-state index contributed by atoms with van der Waals surface area (Å²) in [5, 5.41) is 3.40. The van der Waals surface area contributed by atoms with Crippen LogP contribution in [0.5, 0.6) is 0 Å². The van der Waals surface area contributed by atoms with Crippen LogP contribution in [0.2, 0.25) is 0 Å². The second-order valence-electron chi connectivity index (χ2n) is 3.83. The summed E-state index contributed by atoms with van der Waals surface area (Å²) in [6, 6.07) is 0. The number of nitrogens with one attached hydrogen (secondary N) is 1. The first-order valence-electron chi connectivity index (χ1n) is 6.16. The third kappa shape index (κ3) is 10.2. The van der Waals surface area contributed by atoms with Crippen molar-refractivity contribution in [2.75, 3.05) is 33.4 Å². The van der Waals surface area contributed by atoms with Gasteiger partial charge in [-0.25, -0.2) is 0 Å². The first kappa shape index (κ1) is 14.9. The van der Waals surface area contributed by atoms with E-state index < -0.39 is 0 Å². The van der Waals surface area contributed by atoms with Crippen molar-refractivity contribution in [2.45, 2.75) is 45.6 Å². The van der Waals surface area contributed by atoms with E-state index >= 15 is 0 Å². The van der Waals surface area contributed by atoms with Crippen LogP contribution in [-0.2, 0) is 9.47 Å². The normalized spacial score (nSPS) is 13.0. The van der Waals surface area contributed by atoms with Crippen LogP contribution in [-0.4, -0.2) is 39.5 Å². The Morgan fingerprint density at radius 2 is 1.93 bits per heavy atom. The van der Waals surface area contributed by atoms with Gasteiger partial charge in [-0.15, -0.1) is 0 Å². The Balaban J connectivity index is 3.44. The summed E-state index contributed by atoms with van der Waals surface area (Å²) < 4.78 is 10.8. The number of methoxy groups -OCH3 is 1. The van der Waals surface area contributed by atoms with E-state index in [9.17, 15) is 0 Å². The van der Waals surface area contributed by atoms with Gasteiger partial charge < -0.3 is 14.8 Å². The molecule has 0 aromatic carbocycles. The molecule has 0 aliphatic carbocycles. The Kier molecular flexibility index (Phi) is 11.9. The van der Waals surface area contributed by atoms with Gasteiger partial charge in [0.1, 0.15) is 0 Å². The molecule has 0 aliphatic heterocycles. The summed E-state index contributed by atoms with van der Waals surface area (Å²) in [6.07, 6.45) is 4.87. The van der Waals surface area contributed by atoms with Gasteiger partial charge in [0, 0.05) is 26.9 Å². The maximum Gasteiger partial charge on any atom is 0.0699 e. The van der Waals surface area contributed by atoms with E-state index in [1.165, 1.54) is 12.8 Å². The number of hydrogen-bond donors (Lipinski definition) is 1. The highest BCUT2D eigenvalue weighted by atomic mass is 16.5. The van der Waals surface area contributed by atoms with Crippen LogP contribution in [0.15, 0.2) is 0 Å². The molecule has 0 aromatic rings. The maximum atomic E-state index is 5.79. The highest BCUT2D eigenvalue weighted by molar-refractivity contribution is 4.61. The fourth-order valence-corrected chi connectivity index (χ4v) is 1.46. The fraction of sp³-hybridized carbons (Fsp3) is 1.00. The van der Waals surface area contributed by atoms with Crippen molar-refractivity contribution in [3.8, 4) is 0 Å². The molecule has 3 heteroatoms. The van der Waals surface area contributed by atoms with Crippen molar-refractivity contribution in [1.29, 1.82) is 0 Å². The number of ether oxygens (including phenoxy) is 2. The van der Waals surface area contributed by atoms with Gasteiger partial charge in [-0.1, -0.05) is 20.3 Å². The first-order valence-corrected chi connectivity index (χ1v) is 6.16. The topological polar surface area (TPSA) is 30.5 Å². The minimum absolute atomic E-state index is 0.374. The molecule has 92 valence electrons. The van der Waals surface area contributed by atoms with Crippen LogP contribution in [0, 0.1) is 0 Å². The summed E-state index contributed by atoms with van der Waals surface area (Å²) in [4.78, 5) is 0. The quantitative estimate of drug-likeness (QED) is 0.538. The van der Waals surface area contributed by atoms with E-state index in [0.717, 1.165) is 39.1 Å². The van der Waals surface area contributed by atoms with Crippen molar-refractivity contribution >= 4 is 0 Å². The number of hydrogen-bond acceptors (Lipinski definition) is 3. The van der Waals surface area contributed by atoms with E-state index in [0.29, 0.717) is 6.10 Å². The van der Waals surface area contributed by atoms with E-state index in [2.05, 4.69) is 19.2 Å². The standard InChI is InChI=1S/C12H27NO2/c1-4-7-12(11-13-8-5-2)15-10-6-9-14-3/h12-13H,4-11H2,1-3H3. The summed E-state index contributed by atoms with van der Waals surface area (Å²) in [5.41, 5.74) is 0. The highest BCUT2D eigenvalue weighted by Gasteiger charge is 2.06. The Hall–Kier alpha value is -0.120. The van der Waals surface area contributed by atoms with Crippen LogP contribution < -0.4 is 5.32 Å². The zero-order valence-electron chi connectivity index (χ0n) is 10.6. The fourth-order valence-electron chi connectivity index (χ4n) is 1.46. The average Bonchev–Trinajstić information content (AvgIpc) is 2.24. The molecular formula is C12H27NO2. The molecule has 0 heterocycles. The lowest BCUT2D eigenvalue weighted by atomic mass is 10.2. The third-order valence-corrected chi connectivity index (χ3v) is 2.26. The van der Waals surface area contributed by atoms with Crippen molar-refractivity contribution in [3.05, 3.63) is 0 Å². The molecule has 1 atom stereocenters. The second kappa shape index (κ2) is 12.0. The maximum absolute atomic E-state index is 5.79. The number of rotatable bonds is 11. The van der Waals surface area contributed by atoms with Crippen LogP contribution >= 0.6 is 0 Å². The van der Waals surface area contributed by atoms with Gasteiger partial charge in [-0.3, -0.25) is 0 Å². The molecule has 3 nitrogen and oxygen atoms in total. The smallest absolute Gasteiger partial charge is 0.0699 e. The Morgan fingerprint density at radius 3 is 2.53 bits per heavy atom. The zero-order valence-corrected chi connectivity index (χ0v) is 10.6. The van der Waals surface area contributed by atoms with E-state index in [4.69, 9.17) is 9.47 Å². The predicted molar refractivity (Wildman–Crippen MR) is 64.3 cm³/mol. The largest absolute Gasteiger partial charge is 0.385 e. The summed E-state index contributed by atoms with van der Waals surface area (Å²) >= 11 is 0. The van der Waals surface area contributed by atoms with Gasteiger partial charge in [0.2, 0.25) is 0 Å². The average molecular weight is 217 g/mol. The van der Waals surface area contributed by atoms with Crippen molar-refractivity contribution < 1.29 is 9.47 Å². The Labute approximate surface area is 94.5 Å². The molecule has 0 aromatic heterocycles. The molecule has 0 spiro atoms. The van der Waals surface area contributed by atoms with Gasteiger partial charge in [0.05, 0.1) is 6.10 Å². The summed E-state index contributed by atoms with van der Waals surface area (Å²) in [5.74, 6) is 0. The molecular weight excluding hydrogens is 190 g/mol. The molecule has 0 saturated carbocycles. The van der Waals surface area contributed by atoms with Gasteiger partial charge in [0.25, 0.3) is 0 Å². The third-order valence-electron chi connectivity index (χ3n) is 2.26. The van der Waals surface area contributed by atoms with Crippen LogP contribution in [0.4, 0.5) is 0 Å². The SMILES string of the molecule is CCCNCC(CCC)OCCCOC. The van der Waals surface area contributed by atoms with Gasteiger partial charge in [-0.2, -0.15) is 0 Å². The lowest BCUT2D eigenvalue weighted by Crippen LogP contribution is -2.30. The summed E-state index contributed by atoms with van der Waals surface area (Å²) in [7, 11) is 1.73. The molecule has 1 N–H and O–H groups in total. The molecule has 0 bridgehead atoms. The molecule has 0 amide bonds. The first-order chi connectivity index (χ1) is 7.35. The lowest BCUT2D eigenvalue weighted by Gasteiger charge is -2.17. The monoisotopic (exact) mass is 217 g/mol. The molecule has 0 rings (SSSR count). The highest BCUT2D eigenvalue weighted by Crippen LogP contribution is 2.02. The minimum Gasteiger partial charge on any atom is -0.385 e. The Morgan fingerprint density at radius 1 is 1.13 bits per heavy atom. The van der Waals surface area contributed by atoms with Crippen LogP contribution in [0.1, 0.15) is 39.5 Å². The van der Waals surface area contributed by atoms with Crippen LogP contribution in [0.3, 0.4) is 0 Å². The second-order valence-corrected chi connectivity index (χ2v) is 3.83. The zero-order chi connectivity index (χ0) is 11.4. The van der Waals surface area contributed by atoms with Crippen molar-refractivity contribution in [3.63, 3.8) is 0 Å². The van der Waals surface area contributed by atoms with E-state index in [1.807, 2.05) is 0 Å². The van der Waals surface area contributed by atoms with Crippen molar-refractivity contribution in [2.24, 2.45) is 0 Å². The molecule has 1 unspecified atom stereocenters. The van der Waals surface area contributed by atoms with Gasteiger partial charge in [0.15, 0.2) is 0 Å². The van der Waals surface area contributed by atoms with E-state index in [-0.39, 0.29) is 0 Å². The summed E-state index contributed by atoms with van der Waals surface area (Å²) in [6.45, 7) is 8.05. The molecule has 0 fully saturated rings. The van der Waals surface area contributed by atoms with Gasteiger partial charge >= 0.3 is 0 Å². The molecule has 0 radical (unpaired) electrons. The lowest BCUT2D eigenvalue weighted by molar-refractivity contribution is 0.0345. The minimum atomic E-state index is 0.374.